The van der Waals surface area contributed by atoms with Crippen LogP contribution in [0.2, 0.25) is 0 Å². The van der Waals surface area contributed by atoms with E-state index in [1.165, 1.54) is 23.5 Å². The molecule has 1 amide bonds. The van der Waals surface area contributed by atoms with Gasteiger partial charge >= 0.3 is 0 Å². The highest BCUT2D eigenvalue weighted by atomic mass is 32.2. The minimum atomic E-state index is -4.02. The molecule has 0 radical (unpaired) electrons. The lowest BCUT2D eigenvalue weighted by Crippen LogP contribution is -2.36. The summed E-state index contributed by atoms with van der Waals surface area (Å²) in [7, 11) is -4.02. The van der Waals surface area contributed by atoms with Gasteiger partial charge in [0.05, 0.1) is 15.5 Å². The van der Waals surface area contributed by atoms with Crippen LogP contribution in [0.4, 0.5) is 5.69 Å². The predicted octanol–water partition coefficient (Wildman–Crippen LogP) is 5.13. The molecule has 0 N–H and O–H groups in total. The minimum absolute atomic E-state index is 0.0879. The SMILES string of the molecule is CCCCc1ccc(N(C(=O)c2cccs2)S(=O)(=O)c2ccccc2)cc1. The Hall–Kier alpha value is -2.44. The first kappa shape index (κ1) is 19.3. The van der Waals surface area contributed by atoms with Crippen LogP contribution < -0.4 is 4.31 Å². The maximum Gasteiger partial charge on any atom is 0.282 e. The summed E-state index contributed by atoms with van der Waals surface area (Å²) >= 11 is 1.22. The van der Waals surface area contributed by atoms with Crippen LogP contribution >= 0.6 is 11.3 Å². The van der Waals surface area contributed by atoms with Gasteiger partial charge in [-0.2, -0.15) is 4.31 Å². The Morgan fingerprint density at radius 2 is 1.67 bits per heavy atom. The minimum Gasteiger partial charge on any atom is -0.267 e. The number of hydrogen-bond acceptors (Lipinski definition) is 4. The van der Waals surface area contributed by atoms with Crippen LogP contribution in [0.1, 0.15) is 35.0 Å². The van der Waals surface area contributed by atoms with Crippen molar-refractivity contribution in [3.63, 3.8) is 0 Å². The van der Waals surface area contributed by atoms with Crippen LogP contribution in [0.5, 0.6) is 0 Å². The first-order valence-corrected chi connectivity index (χ1v) is 11.1. The molecule has 0 saturated carbocycles. The number of aryl methyl sites for hydroxylation is 1. The zero-order chi connectivity index (χ0) is 19.3. The first-order chi connectivity index (χ1) is 13.0. The van der Waals surface area contributed by atoms with Gasteiger partial charge in [0, 0.05) is 0 Å². The van der Waals surface area contributed by atoms with Crippen molar-refractivity contribution in [2.24, 2.45) is 0 Å². The van der Waals surface area contributed by atoms with Gasteiger partial charge in [-0.1, -0.05) is 49.7 Å². The monoisotopic (exact) mass is 399 g/mol. The second kappa shape index (κ2) is 8.50. The molecule has 0 saturated heterocycles. The van der Waals surface area contributed by atoms with E-state index in [0.29, 0.717) is 10.6 Å². The summed E-state index contributed by atoms with van der Waals surface area (Å²) in [6, 6.07) is 18.6. The van der Waals surface area contributed by atoms with Crippen molar-refractivity contribution in [1.29, 1.82) is 0 Å². The highest BCUT2D eigenvalue weighted by Gasteiger charge is 2.32. The molecule has 0 spiro atoms. The van der Waals surface area contributed by atoms with Crippen LogP contribution in [0.25, 0.3) is 0 Å². The third-order valence-corrected chi connectivity index (χ3v) is 6.77. The molecule has 0 unspecified atom stereocenters. The van der Waals surface area contributed by atoms with E-state index in [2.05, 4.69) is 6.92 Å². The lowest BCUT2D eigenvalue weighted by Gasteiger charge is -2.22. The summed E-state index contributed by atoms with van der Waals surface area (Å²) in [5.74, 6) is -0.546. The molecular weight excluding hydrogens is 378 g/mol. The molecule has 0 aliphatic carbocycles. The lowest BCUT2D eigenvalue weighted by molar-refractivity contribution is 0.101. The Morgan fingerprint density at radius 1 is 0.963 bits per heavy atom. The molecule has 1 aromatic heterocycles. The second-order valence-corrected chi connectivity index (χ2v) is 8.87. The van der Waals surface area contributed by atoms with Gasteiger partial charge in [0.15, 0.2) is 0 Å². The number of rotatable bonds is 7. The van der Waals surface area contributed by atoms with Crippen LogP contribution in [-0.2, 0) is 16.4 Å². The van der Waals surface area contributed by atoms with E-state index in [4.69, 9.17) is 0 Å². The van der Waals surface area contributed by atoms with E-state index in [1.807, 2.05) is 12.1 Å². The van der Waals surface area contributed by atoms with Crippen LogP contribution in [0, 0.1) is 0 Å². The van der Waals surface area contributed by atoms with Crippen molar-refractivity contribution >= 4 is 33.0 Å². The molecule has 2 aromatic carbocycles. The standard InChI is InChI=1S/C21H21NO3S2/c1-2-3-8-17-12-14-18(15-13-17)22(21(23)20-11-7-16-26-20)27(24,25)19-9-5-4-6-10-19/h4-7,9-16H,2-3,8H2,1H3. The highest BCUT2D eigenvalue weighted by molar-refractivity contribution is 7.93. The molecule has 3 rings (SSSR count). The van der Waals surface area contributed by atoms with E-state index in [0.717, 1.165) is 29.1 Å². The van der Waals surface area contributed by atoms with Crippen molar-refractivity contribution in [2.75, 3.05) is 4.31 Å². The average Bonchev–Trinajstić information content (AvgIpc) is 3.23. The van der Waals surface area contributed by atoms with Gasteiger partial charge in [-0.05, 0) is 54.1 Å². The maximum absolute atomic E-state index is 13.2. The van der Waals surface area contributed by atoms with Gasteiger partial charge < -0.3 is 0 Å². The fourth-order valence-electron chi connectivity index (χ4n) is 2.74. The van der Waals surface area contributed by atoms with Gasteiger partial charge in [-0.3, -0.25) is 4.79 Å². The van der Waals surface area contributed by atoms with Crippen molar-refractivity contribution in [2.45, 2.75) is 31.1 Å². The topological polar surface area (TPSA) is 54.5 Å². The van der Waals surface area contributed by atoms with E-state index < -0.39 is 15.9 Å². The Balaban J connectivity index is 2.04. The molecule has 4 nitrogen and oxygen atoms in total. The van der Waals surface area contributed by atoms with Gasteiger partial charge in [0.2, 0.25) is 0 Å². The summed E-state index contributed by atoms with van der Waals surface area (Å²) in [6.45, 7) is 2.13. The van der Waals surface area contributed by atoms with Crippen molar-refractivity contribution in [3.05, 3.63) is 82.6 Å². The number of thiophene rings is 1. The number of carbonyl (C=O) groups excluding carboxylic acids is 1. The molecule has 0 aliphatic heterocycles. The number of sulfonamides is 1. The average molecular weight is 400 g/mol. The van der Waals surface area contributed by atoms with E-state index >= 15 is 0 Å². The molecule has 140 valence electrons. The molecule has 6 heteroatoms. The molecule has 0 bridgehead atoms. The Bertz CT molecular complexity index is 980. The Labute approximate surface area is 164 Å². The third-order valence-electron chi connectivity index (χ3n) is 4.19. The number of anilines is 1. The molecule has 0 fully saturated rings. The van der Waals surface area contributed by atoms with Gasteiger partial charge in [0.25, 0.3) is 15.9 Å². The second-order valence-electron chi connectivity index (χ2n) is 6.13. The number of unbranched alkanes of at least 4 members (excludes halogenated alkanes) is 1. The number of amides is 1. The number of nitrogens with zero attached hydrogens (tertiary/aromatic N) is 1. The van der Waals surface area contributed by atoms with Crippen LogP contribution in [0.15, 0.2) is 77.0 Å². The molecule has 1 heterocycles. The molecule has 0 atom stereocenters. The number of hydrogen-bond donors (Lipinski definition) is 0. The maximum atomic E-state index is 13.2. The molecule has 3 aromatic rings. The Kier molecular flexibility index (Phi) is 6.08. The summed E-state index contributed by atoms with van der Waals surface area (Å²) in [5, 5.41) is 1.76. The zero-order valence-electron chi connectivity index (χ0n) is 15.0. The van der Waals surface area contributed by atoms with Crippen LogP contribution in [-0.4, -0.2) is 14.3 Å². The summed E-state index contributed by atoms with van der Waals surface area (Å²) < 4.78 is 27.4. The highest BCUT2D eigenvalue weighted by Crippen LogP contribution is 2.27. The fourth-order valence-corrected chi connectivity index (χ4v) is 4.88. The Morgan fingerprint density at radius 3 is 2.26 bits per heavy atom. The van der Waals surface area contributed by atoms with Gasteiger partial charge in [-0.15, -0.1) is 11.3 Å². The summed E-state index contributed by atoms with van der Waals surface area (Å²) in [6.07, 6.45) is 3.09. The largest absolute Gasteiger partial charge is 0.282 e. The number of benzene rings is 2. The predicted molar refractivity (Wildman–Crippen MR) is 110 cm³/mol. The zero-order valence-corrected chi connectivity index (χ0v) is 16.7. The van der Waals surface area contributed by atoms with Crippen molar-refractivity contribution < 1.29 is 13.2 Å². The van der Waals surface area contributed by atoms with E-state index in [9.17, 15) is 13.2 Å². The first-order valence-electron chi connectivity index (χ1n) is 8.81. The quantitative estimate of drug-likeness (QED) is 0.554. The lowest BCUT2D eigenvalue weighted by atomic mass is 10.1. The summed E-state index contributed by atoms with van der Waals surface area (Å²) in [4.78, 5) is 13.5. The molecule has 27 heavy (non-hydrogen) atoms. The van der Waals surface area contributed by atoms with E-state index in [-0.39, 0.29) is 4.90 Å². The molecular formula is C21H21NO3S2. The number of carbonyl (C=O) groups is 1. The fraction of sp³-hybridized carbons (Fsp3) is 0.190. The van der Waals surface area contributed by atoms with Gasteiger partial charge in [-0.25, -0.2) is 8.42 Å². The van der Waals surface area contributed by atoms with Crippen LogP contribution in [0.3, 0.4) is 0 Å². The van der Waals surface area contributed by atoms with Gasteiger partial charge in [0.1, 0.15) is 0 Å². The normalized spacial score (nSPS) is 11.3. The smallest absolute Gasteiger partial charge is 0.267 e. The van der Waals surface area contributed by atoms with Crippen molar-refractivity contribution in [1.82, 2.24) is 0 Å². The van der Waals surface area contributed by atoms with Crippen molar-refractivity contribution in [3.8, 4) is 0 Å². The summed E-state index contributed by atoms with van der Waals surface area (Å²) in [5.41, 5.74) is 1.47. The molecule has 0 aliphatic rings. The third kappa shape index (κ3) is 4.28. The van der Waals surface area contributed by atoms with E-state index in [1.54, 1.807) is 47.8 Å².